The highest BCUT2D eigenvalue weighted by atomic mass is 35.5. The summed E-state index contributed by atoms with van der Waals surface area (Å²) < 4.78 is 11.7. The lowest BCUT2D eigenvalue weighted by atomic mass is 9.95. The second kappa shape index (κ2) is 8.64. The van der Waals surface area contributed by atoms with E-state index in [9.17, 15) is 9.90 Å². The number of carbonyl (C=O) groups is 1. The second-order valence-corrected chi connectivity index (χ2v) is 8.21. The van der Waals surface area contributed by atoms with Crippen molar-refractivity contribution in [1.82, 2.24) is 0 Å². The average Bonchev–Trinajstić information content (AvgIpc) is 3.53. The Morgan fingerprint density at radius 2 is 1.89 bits per heavy atom. The Morgan fingerprint density at radius 1 is 1.11 bits per heavy atom. The molecule has 0 bridgehead atoms. The molecule has 1 saturated heterocycles. The average molecular weight is 401 g/mol. The molecule has 1 heterocycles. The fraction of sp³-hybridized carbons (Fsp3) is 0.435. The predicted octanol–water partition coefficient (Wildman–Crippen LogP) is 4.50. The van der Waals surface area contributed by atoms with Crippen LogP contribution in [-0.4, -0.2) is 30.2 Å². The van der Waals surface area contributed by atoms with Gasteiger partial charge in [0.2, 0.25) is 0 Å². The van der Waals surface area contributed by atoms with Crippen LogP contribution < -0.4 is 4.74 Å². The maximum Gasteiger partial charge on any atom is 0.138 e. The summed E-state index contributed by atoms with van der Waals surface area (Å²) in [5, 5.41) is 10.0. The van der Waals surface area contributed by atoms with Gasteiger partial charge in [0.1, 0.15) is 11.5 Å². The van der Waals surface area contributed by atoms with Crippen LogP contribution in [0, 0.1) is 5.92 Å². The van der Waals surface area contributed by atoms with Crippen molar-refractivity contribution in [2.75, 3.05) is 13.2 Å². The summed E-state index contributed by atoms with van der Waals surface area (Å²) in [4.78, 5) is 12.0. The van der Waals surface area contributed by atoms with Gasteiger partial charge in [0.05, 0.1) is 25.4 Å². The van der Waals surface area contributed by atoms with Gasteiger partial charge in [-0.2, -0.15) is 0 Å². The van der Waals surface area contributed by atoms with Gasteiger partial charge in [0.25, 0.3) is 0 Å². The molecule has 2 aromatic carbocycles. The molecule has 0 radical (unpaired) electrons. The van der Waals surface area contributed by atoms with Gasteiger partial charge in [-0.05, 0) is 60.1 Å². The molecule has 2 atom stereocenters. The minimum absolute atomic E-state index is 0.119. The summed E-state index contributed by atoms with van der Waals surface area (Å²) in [5.41, 5.74) is 3.06. The number of hydrogen-bond acceptors (Lipinski definition) is 4. The second-order valence-electron chi connectivity index (χ2n) is 7.80. The lowest BCUT2D eigenvalue weighted by Crippen LogP contribution is -2.30. The molecular weight excluding hydrogens is 376 g/mol. The van der Waals surface area contributed by atoms with Gasteiger partial charge in [-0.15, -0.1) is 0 Å². The zero-order valence-corrected chi connectivity index (χ0v) is 16.5. The van der Waals surface area contributed by atoms with E-state index in [0.717, 1.165) is 35.0 Å². The summed E-state index contributed by atoms with van der Waals surface area (Å²) in [7, 11) is 0. The van der Waals surface area contributed by atoms with E-state index in [1.807, 2.05) is 30.3 Å². The van der Waals surface area contributed by atoms with Gasteiger partial charge in [-0.25, -0.2) is 0 Å². The zero-order chi connectivity index (χ0) is 19.5. The highest BCUT2D eigenvalue weighted by Crippen LogP contribution is 2.33. The Bertz CT molecular complexity index is 829. The van der Waals surface area contributed by atoms with Crippen molar-refractivity contribution in [3.05, 3.63) is 64.2 Å². The van der Waals surface area contributed by atoms with Gasteiger partial charge in [0, 0.05) is 17.9 Å². The van der Waals surface area contributed by atoms with E-state index in [4.69, 9.17) is 21.1 Å². The molecule has 2 aliphatic rings. The molecule has 0 aromatic heterocycles. The van der Waals surface area contributed by atoms with Crippen molar-refractivity contribution in [2.45, 2.75) is 44.3 Å². The fourth-order valence-electron chi connectivity index (χ4n) is 3.53. The normalized spacial score (nSPS) is 22.3. The standard InChI is InChI=1S/C23H25ClO4/c24-22-8-5-17(23-12-19(26)11-21(13-25)28-23)10-18(22)9-15-3-6-20(7-4-15)27-14-16-1-2-16/h3-8,10,16,21,23,25H,1-2,9,11-14H2. The Morgan fingerprint density at radius 3 is 2.61 bits per heavy atom. The first-order valence-corrected chi connectivity index (χ1v) is 10.3. The Balaban J connectivity index is 1.45. The maximum atomic E-state index is 12.0. The summed E-state index contributed by atoms with van der Waals surface area (Å²) in [6.45, 7) is 0.667. The van der Waals surface area contributed by atoms with Crippen molar-refractivity contribution in [2.24, 2.45) is 5.92 Å². The van der Waals surface area contributed by atoms with E-state index in [1.54, 1.807) is 0 Å². The van der Waals surface area contributed by atoms with Crippen molar-refractivity contribution >= 4 is 17.4 Å². The van der Waals surface area contributed by atoms with Crippen LogP contribution in [0.25, 0.3) is 0 Å². The topological polar surface area (TPSA) is 55.8 Å². The van der Waals surface area contributed by atoms with Crippen molar-refractivity contribution in [1.29, 1.82) is 0 Å². The molecular formula is C23H25ClO4. The number of hydrogen-bond donors (Lipinski definition) is 1. The van der Waals surface area contributed by atoms with Crippen LogP contribution in [0.3, 0.4) is 0 Å². The molecule has 2 aromatic rings. The van der Waals surface area contributed by atoms with Crippen LogP contribution >= 0.6 is 11.6 Å². The van der Waals surface area contributed by atoms with Crippen molar-refractivity contribution in [3.8, 4) is 5.75 Å². The SMILES string of the molecule is O=C1CC(CO)OC(c2ccc(Cl)c(Cc3ccc(OCC4CC4)cc3)c2)C1. The van der Waals surface area contributed by atoms with Gasteiger partial charge in [-0.3, -0.25) is 4.79 Å². The minimum atomic E-state index is -0.423. The van der Waals surface area contributed by atoms with Gasteiger partial charge in [0.15, 0.2) is 0 Å². The lowest BCUT2D eigenvalue weighted by Gasteiger charge is -2.28. The first-order chi connectivity index (χ1) is 13.6. The molecule has 4 rings (SSSR count). The number of benzene rings is 2. The number of halogens is 1. The fourth-order valence-corrected chi connectivity index (χ4v) is 3.71. The largest absolute Gasteiger partial charge is 0.493 e. The van der Waals surface area contributed by atoms with Crippen LogP contribution in [0.4, 0.5) is 0 Å². The number of Topliss-reactive ketones (excluding diaryl/α,β-unsaturated/α-hetero) is 1. The van der Waals surface area contributed by atoms with Gasteiger partial charge in [-0.1, -0.05) is 35.9 Å². The van der Waals surface area contributed by atoms with E-state index in [2.05, 4.69) is 12.1 Å². The van der Waals surface area contributed by atoms with Crippen LogP contribution in [0.1, 0.15) is 48.5 Å². The van der Waals surface area contributed by atoms with E-state index in [-0.39, 0.29) is 24.9 Å². The Kier molecular flexibility index (Phi) is 6.00. The van der Waals surface area contributed by atoms with E-state index >= 15 is 0 Å². The summed E-state index contributed by atoms with van der Waals surface area (Å²) >= 11 is 6.42. The van der Waals surface area contributed by atoms with E-state index in [0.29, 0.717) is 17.9 Å². The lowest BCUT2D eigenvalue weighted by molar-refractivity contribution is -0.139. The number of aliphatic hydroxyl groups is 1. The summed E-state index contributed by atoms with van der Waals surface area (Å²) in [6.07, 6.45) is 3.12. The van der Waals surface area contributed by atoms with Crippen molar-refractivity contribution < 1.29 is 19.4 Å². The number of rotatable bonds is 7. The van der Waals surface area contributed by atoms with Crippen LogP contribution in [0.15, 0.2) is 42.5 Å². The van der Waals surface area contributed by atoms with E-state index in [1.165, 1.54) is 12.8 Å². The smallest absolute Gasteiger partial charge is 0.138 e. The first kappa shape index (κ1) is 19.4. The molecule has 28 heavy (non-hydrogen) atoms. The highest BCUT2D eigenvalue weighted by molar-refractivity contribution is 6.31. The number of aliphatic hydroxyl groups excluding tert-OH is 1. The van der Waals surface area contributed by atoms with E-state index < -0.39 is 6.10 Å². The van der Waals surface area contributed by atoms with Crippen LogP contribution in [-0.2, 0) is 16.0 Å². The molecule has 2 fully saturated rings. The molecule has 4 nitrogen and oxygen atoms in total. The molecule has 5 heteroatoms. The monoisotopic (exact) mass is 400 g/mol. The van der Waals surface area contributed by atoms with Gasteiger partial charge < -0.3 is 14.6 Å². The molecule has 1 aliphatic carbocycles. The third-order valence-electron chi connectivity index (χ3n) is 5.37. The highest BCUT2D eigenvalue weighted by Gasteiger charge is 2.29. The van der Waals surface area contributed by atoms with Crippen molar-refractivity contribution in [3.63, 3.8) is 0 Å². The van der Waals surface area contributed by atoms with Crippen LogP contribution in [0.5, 0.6) is 5.75 Å². The maximum absolute atomic E-state index is 12.0. The molecule has 2 unspecified atom stereocenters. The number of ether oxygens (including phenoxy) is 2. The third-order valence-corrected chi connectivity index (χ3v) is 5.74. The Hall–Kier alpha value is -1.88. The quantitative estimate of drug-likeness (QED) is 0.743. The molecule has 148 valence electrons. The molecule has 0 spiro atoms. The molecule has 1 aliphatic heterocycles. The Labute approximate surface area is 170 Å². The van der Waals surface area contributed by atoms with Gasteiger partial charge >= 0.3 is 0 Å². The number of ketones is 1. The zero-order valence-electron chi connectivity index (χ0n) is 15.8. The summed E-state index contributed by atoms with van der Waals surface area (Å²) in [6, 6.07) is 13.9. The predicted molar refractivity (Wildman–Crippen MR) is 108 cm³/mol. The minimum Gasteiger partial charge on any atom is -0.493 e. The molecule has 1 saturated carbocycles. The first-order valence-electron chi connectivity index (χ1n) is 9.89. The number of carbonyl (C=O) groups excluding carboxylic acids is 1. The third kappa shape index (κ3) is 4.93. The molecule has 1 N–H and O–H groups in total. The summed E-state index contributed by atoms with van der Waals surface area (Å²) in [5.74, 6) is 1.76. The van der Waals surface area contributed by atoms with Crippen LogP contribution in [0.2, 0.25) is 5.02 Å². The molecule has 0 amide bonds.